The highest BCUT2D eigenvalue weighted by Gasteiger charge is 2.25. The van der Waals surface area contributed by atoms with Crippen molar-refractivity contribution in [1.82, 2.24) is 14.8 Å². The van der Waals surface area contributed by atoms with Crippen LogP contribution in [0.25, 0.3) is 0 Å². The first-order valence-electron chi connectivity index (χ1n) is 6.02. The largest absolute Gasteiger partial charge is 0.305 e. The Kier molecular flexibility index (Phi) is 3.61. The number of hydrogen-bond donors (Lipinski definition) is 0. The molecule has 0 bridgehead atoms. The molecular weight excluding hydrogens is 278 g/mol. The van der Waals surface area contributed by atoms with Gasteiger partial charge < -0.3 is 4.57 Å². The Labute approximate surface area is 120 Å². The van der Waals surface area contributed by atoms with Crippen molar-refractivity contribution >= 4 is 28.6 Å². The molecule has 0 fully saturated rings. The van der Waals surface area contributed by atoms with Gasteiger partial charge in [-0.1, -0.05) is 53.9 Å². The Morgan fingerprint density at radius 3 is 2.95 bits per heavy atom. The van der Waals surface area contributed by atoms with E-state index in [9.17, 15) is 4.79 Å². The lowest BCUT2D eigenvalue weighted by molar-refractivity contribution is 0.108. The molecule has 0 radical (unpaired) electrons. The molecule has 1 aromatic carbocycles. The van der Waals surface area contributed by atoms with Crippen LogP contribution >= 0.6 is 23.5 Å². The van der Waals surface area contributed by atoms with Crippen LogP contribution in [-0.4, -0.2) is 30.9 Å². The van der Waals surface area contributed by atoms with Crippen molar-refractivity contribution in [3.05, 3.63) is 41.7 Å². The van der Waals surface area contributed by atoms with Gasteiger partial charge >= 0.3 is 0 Å². The molecule has 1 aliphatic heterocycles. The quantitative estimate of drug-likeness (QED) is 0.851. The van der Waals surface area contributed by atoms with Gasteiger partial charge in [-0.05, 0) is 6.92 Å². The van der Waals surface area contributed by atoms with Crippen LogP contribution < -0.4 is 0 Å². The maximum absolute atomic E-state index is 12.2. The van der Waals surface area contributed by atoms with Crippen LogP contribution in [0.2, 0.25) is 0 Å². The minimum atomic E-state index is 0.139. The van der Waals surface area contributed by atoms with Gasteiger partial charge in [0.05, 0.1) is 0 Å². The summed E-state index contributed by atoms with van der Waals surface area (Å²) in [6.45, 7) is 2.76. The van der Waals surface area contributed by atoms with Gasteiger partial charge in [-0.2, -0.15) is 0 Å². The van der Waals surface area contributed by atoms with E-state index >= 15 is 0 Å². The first-order valence-corrected chi connectivity index (χ1v) is 7.89. The molecule has 2 heterocycles. The van der Waals surface area contributed by atoms with E-state index < -0.39 is 0 Å². The maximum atomic E-state index is 12.2. The van der Waals surface area contributed by atoms with Gasteiger partial charge in [0.25, 0.3) is 0 Å². The van der Waals surface area contributed by atoms with Crippen molar-refractivity contribution in [2.75, 3.05) is 5.75 Å². The van der Waals surface area contributed by atoms with Crippen molar-refractivity contribution in [3.8, 4) is 0 Å². The average Bonchev–Trinajstić information content (AvgIpc) is 2.81. The molecule has 1 unspecified atom stereocenters. The molecule has 98 valence electrons. The standard InChI is InChI=1S/C13H13N3OS2/c1-9-14-15-13-16(9)7-11(8-18-13)19-12(17)10-5-3-2-4-6-10/h2-6,11H,7-8H2,1H3. The minimum absolute atomic E-state index is 0.139. The Morgan fingerprint density at radius 2 is 2.16 bits per heavy atom. The number of aryl methyl sites for hydroxylation is 1. The van der Waals surface area contributed by atoms with Crippen molar-refractivity contribution in [2.45, 2.75) is 23.9 Å². The van der Waals surface area contributed by atoms with Crippen molar-refractivity contribution < 1.29 is 4.79 Å². The smallest absolute Gasteiger partial charge is 0.219 e. The third kappa shape index (κ3) is 2.69. The summed E-state index contributed by atoms with van der Waals surface area (Å²) in [6.07, 6.45) is 0. The number of aromatic nitrogens is 3. The SMILES string of the molecule is Cc1nnc2n1CC(SC(=O)c1ccccc1)CS2. The van der Waals surface area contributed by atoms with Crippen LogP contribution in [0.5, 0.6) is 0 Å². The van der Waals surface area contributed by atoms with Gasteiger partial charge in [-0.3, -0.25) is 4.79 Å². The molecule has 0 saturated carbocycles. The number of carbonyl (C=O) groups is 1. The fourth-order valence-corrected chi connectivity index (χ4v) is 4.14. The van der Waals surface area contributed by atoms with Crippen LogP contribution in [0.4, 0.5) is 0 Å². The zero-order chi connectivity index (χ0) is 13.2. The molecule has 1 aliphatic rings. The van der Waals surface area contributed by atoms with E-state index in [0.717, 1.165) is 28.8 Å². The Balaban J connectivity index is 1.69. The van der Waals surface area contributed by atoms with Gasteiger partial charge in [0, 0.05) is 23.1 Å². The van der Waals surface area contributed by atoms with E-state index in [1.807, 2.05) is 37.3 Å². The number of rotatable bonds is 2. The third-order valence-corrected chi connectivity index (χ3v) is 5.41. The van der Waals surface area contributed by atoms with E-state index in [2.05, 4.69) is 14.8 Å². The van der Waals surface area contributed by atoms with Crippen molar-refractivity contribution in [1.29, 1.82) is 0 Å². The lowest BCUT2D eigenvalue weighted by Crippen LogP contribution is -2.23. The number of benzene rings is 1. The van der Waals surface area contributed by atoms with Crippen LogP contribution in [0.15, 0.2) is 35.5 Å². The Bertz CT molecular complexity index is 597. The lowest BCUT2D eigenvalue weighted by atomic mass is 10.2. The van der Waals surface area contributed by atoms with Gasteiger partial charge in [-0.15, -0.1) is 10.2 Å². The highest BCUT2D eigenvalue weighted by molar-refractivity contribution is 8.15. The molecule has 1 aromatic heterocycles. The average molecular weight is 291 g/mol. The molecule has 0 aliphatic carbocycles. The maximum Gasteiger partial charge on any atom is 0.219 e. The van der Waals surface area contributed by atoms with E-state index in [1.54, 1.807) is 11.8 Å². The second-order valence-corrected chi connectivity index (χ2v) is 6.61. The van der Waals surface area contributed by atoms with E-state index in [1.165, 1.54) is 11.8 Å². The van der Waals surface area contributed by atoms with Gasteiger partial charge in [0.1, 0.15) is 5.82 Å². The number of nitrogens with zero attached hydrogens (tertiary/aromatic N) is 3. The minimum Gasteiger partial charge on any atom is -0.305 e. The zero-order valence-corrected chi connectivity index (χ0v) is 12.1. The molecule has 2 aromatic rings. The predicted octanol–water partition coefficient (Wildman–Crippen LogP) is 2.63. The highest BCUT2D eigenvalue weighted by Crippen LogP contribution is 2.31. The van der Waals surface area contributed by atoms with Crippen LogP contribution in [0.3, 0.4) is 0 Å². The molecular formula is C13H13N3OS2. The summed E-state index contributed by atoms with van der Waals surface area (Å²) in [5.74, 6) is 1.82. The third-order valence-electron chi connectivity index (χ3n) is 2.97. The van der Waals surface area contributed by atoms with Gasteiger partial charge in [-0.25, -0.2) is 0 Å². The summed E-state index contributed by atoms with van der Waals surface area (Å²) >= 11 is 3.08. The Hall–Kier alpha value is -1.27. The summed E-state index contributed by atoms with van der Waals surface area (Å²) in [4.78, 5) is 12.2. The summed E-state index contributed by atoms with van der Waals surface area (Å²) in [7, 11) is 0. The fraction of sp³-hybridized carbons (Fsp3) is 0.308. The van der Waals surface area contributed by atoms with Crippen LogP contribution in [-0.2, 0) is 6.54 Å². The first-order chi connectivity index (χ1) is 9.24. The monoisotopic (exact) mass is 291 g/mol. The second kappa shape index (κ2) is 5.38. The normalized spacial score (nSPS) is 18.1. The number of thioether (sulfide) groups is 2. The summed E-state index contributed by atoms with van der Waals surface area (Å²) in [5, 5.41) is 9.55. The fourth-order valence-electron chi connectivity index (χ4n) is 1.97. The van der Waals surface area contributed by atoms with E-state index in [4.69, 9.17) is 0 Å². The van der Waals surface area contributed by atoms with Gasteiger partial charge in [0.2, 0.25) is 5.12 Å². The summed E-state index contributed by atoms with van der Waals surface area (Å²) < 4.78 is 2.09. The summed E-state index contributed by atoms with van der Waals surface area (Å²) in [6, 6.07) is 9.43. The molecule has 0 amide bonds. The molecule has 6 heteroatoms. The molecule has 0 N–H and O–H groups in total. The Morgan fingerprint density at radius 1 is 1.37 bits per heavy atom. The molecule has 1 atom stereocenters. The molecule has 0 saturated heterocycles. The lowest BCUT2D eigenvalue weighted by Gasteiger charge is -2.22. The molecule has 0 spiro atoms. The topological polar surface area (TPSA) is 47.8 Å². The van der Waals surface area contributed by atoms with E-state index in [-0.39, 0.29) is 10.4 Å². The van der Waals surface area contributed by atoms with E-state index in [0.29, 0.717) is 0 Å². The zero-order valence-electron chi connectivity index (χ0n) is 10.4. The summed E-state index contributed by atoms with van der Waals surface area (Å²) in [5.41, 5.74) is 0.767. The number of hydrogen-bond acceptors (Lipinski definition) is 5. The van der Waals surface area contributed by atoms with Crippen molar-refractivity contribution in [3.63, 3.8) is 0 Å². The number of fused-ring (bicyclic) bond motifs is 1. The van der Waals surface area contributed by atoms with Crippen LogP contribution in [0, 0.1) is 6.92 Å². The molecule has 3 rings (SSSR count). The van der Waals surface area contributed by atoms with Crippen molar-refractivity contribution in [2.24, 2.45) is 0 Å². The highest BCUT2D eigenvalue weighted by atomic mass is 32.2. The second-order valence-electron chi connectivity index (χ2n) is 4.34. The predicted molar refractivity (Wildman–Crippen MR) is 77.6 cm³/mol. The van der Waals surface area contributed by atoms with Crippen LogP contribution in [0.1, 0.15) is 16.2 Å². The molecule has 19 heavy (non-hydrogen) atoms. The van der Waals surface area contributed by atoms with Gasteiger partial charge in [0.15, 0.2) is 5.16 Å². The first kappa shape index (κ1) is 12.7. The molecule has 4 nitrogen and oxygen atoms in total. The number of carbonyl (C=O) groups excluding carboxylic acids is 1.